The number of aryl methyl sites for hydroxylation is 1. The Morgan fingerprint density at radius 3 is 2.28 bits per heavy atom. The van der Waals surface area contributed by atoms with Crippen LogP contribution in [0.4, 0.5) is 0 Å². The fraction of sp³-hybridized carbons (Fsp3) is 0.300. The van der Waals surface area contributed by atoms with Crippen molar-refractivity contribution >= 4 is 23.7 Å². The number of hydrogen-bond acceptors (Lipinski definition) is 4. The van der Waals surface area contributed by atoms with Gasteiger partial charge in [0.05, 0.1) is 6.54 Å². The molecule has 3 amide bonds. The van der Waals surface area contributed by atoms with E-state index in [1.807, 2.05) is 53.4 Å². The van der Waals surface area contributed by atoms with Crippen LogP contribution in [0.25, 0.3) is 5.69 Å². The van der Waals surface area contributed by atoms with E-state index in [0.29, 0.717) is 6.42 Å². The van der Waals surface area contributed by atoms with Crippen LogP contribution in [0.2, 0.25) is 0 Å². The van der Waals surface area contributed by atoms with Crippen LogP contribution >= 0.6 is 0 Å². The SMILES string of the molecule is NC(=O)CNC(=O)[C@H](CCC(=O)O)NC(=O)CCc1ccc(-n2cccc2)cc1. The molecule has 0 aliphatic carbocycles. The predicted octanol–water partition coefficient (Wildman–Crippen LogP) is 0.361. The summed E-state index contributed by atoms with van der Waals surface area (Å²) < 4.78 is 1.97. The lowest BCUT2D eigenvalue weighted by molar-refractivity contribution is -0.138. The Balaban J connectivity index is 1.88. The van der Waals surface area contributed by atoms with E-state index in [4.69, 9.17) is 10.8 Å². The van der Waals surface area contributed by atoms with Gasteiger partial charge in [0.25, 0.3) is 0 Å². The lowest BCUT2D eigenvalue weighted by Crippen LogP contribution is -2.48. The molecule has 0 fully saturated rings. The number of nitrogens with one attached hydrogen (secondary N) is 2. The molecule has 2 aromatic rings. The second-order valence-corrected chi connectivity index (χ2v) is 6.49. The van der Waals surface area contributed by atoms with Crippen molar-refractivity contribution in [1.82, 2.24) is 15.2 Å². The minimum atomic E-state index is -1.09. The number of carboxylic acid groups (broad SMARTS) is 1. The first-order valence-corrected chi connectivity index (χ1v) is 9.14. The van der Waals surface area contributed by atoms with Gasteiger partial charge in [-0.15, -0.1) is 0 Å². The van der Waals surface area contributed by atoms with E-state index in [0.717, 1.165) is 11.3 Å². The Bertz CT molecular complexity index is 846. The van der Waals surface area contributed by atoms with Gasteiger partial charge in [0, 0.05) is 30.9 Å². The monoisotopic (exact) mass is 400 g/mol. The maximum Gasteiger partial charge on any atom is 0.303 e. The van der Waals surface area contributed by atoms with Crippen LogP contribution in [0.1, 0.15) is 24.8 Å². The van der Waals surface area contributed by atoms with Crippen LogP contribution in [-0.4, -0.2) is 46.0 Å². The minimum absolute atomic E-state index is 0.0861. The third kappa shape index (κ3) is 7.49. The number of carbonyl (C=O) groups excluding carboxylic acids is 3. The summed E-state index contributed by atoms with van der Waals surface area (Å²) in [5, 5.41) is 13.6. The molecule has 0 saturated carbocycles. The van der Waals surface area contributed by atoms with Crippen molar-refractivity contribution in [2.45, 2.75) is 31.7 Å². The number of rotatable bonds is 11. The van der Waals surface area contributed by atoms with Crippen LogP contribution in [0.15, 0.2) is 48.8 Å². The molecule has 2 rings (SSSR count). The molecule has 0 aliphatic heterocycles. The van der Waals surface area contributed by atoms with Gasteiger partial charge >= 0.3 is 5.97 Å². The maximum atomic E-state index is 12.2. The van der Waals surface area contributed by atoms with Gasteiger partial charge in [-0.05, 0) is 42.7 Å². The van der Waals surface area contributed by atoms with E-state index in [-0.39, 0.29) is 31.7 Å². The van der Waals surface area contributed by atoms with Crippen LogP contribution in [0, 0.1) is 0 Å². The third-order valence-electron chi connectivity index (χ3n) is 4.22. The number of benzene rings is 1. The Morgan fingerprint density at radius 2 is 1.69 bits per heavy atom. The number of nitrogens with two attached hydrogens (primary N) is 1. The van der Waals surface area contributed by atoms with Crippen LogP contribution in [0.5, 0.6) is 0 Å². The van der Waals surface area contributed by atoms with Crippen molar-refractivity contribution < 1.29 is 24.3 Å². The molecule has 1 aromatic carbocycles. The molecule has 9 nitrogen and oxygen atoms in total. The molecule has 1 aromatic heterocycles. The molecule has 0 unspecified atom stereocenters. The third-order valence-corrected chi connectivity index (χ3v) is 4.22. The Hall–Kier alpha value is -3.62. The van der Waals surface area contributed by atoms with E-state index < -0.39 is 23.8 Å². The first kappa shape index (κ1) is 21.7. The van der Waals surface area contributed by atoms with Crippen molar-refractivity contribution in [3.05, 3.63) is 54.4 Å². The van der Waals surface area contributed by atoms with E-state index in [2.05, 4.69) is 10.6 Å². The molecule has 0 spiro atoms. The molecule has 154 valence electrons. The van der Waals surface area contributed by atoms with Gasteiger partial charge in [0.1, 0.15) is 6.04 Å². The number of primary amides is 1. The van der Waals surface area contributed by atoms with Crippen LogP contribution < -0.4 is 16.4 Å². The lowest BCUT2D eigenvalue weighted by atomic mass is 10.1. The standard InChI is InChI=1S/C20H24N4O5/c21-17(25)13-22-20(29)16(8-10-19(27)28)23-18(26)9-5-14-3-6-15(7-4-14)24-11-1-2-12-24/h1-4,6-7,11-12,16H,5,8-10,13H2,(H2,21,25)(H,22,29)(H,23,26)(H,27,28)/t16-/m0/s1. The fourth-order valence-corrected chi connectivity index (χ4v) is 2.70. The number of carbonyl (C=O) groups is 4. The van der Waals surface area contributed by atoms with E-state index in [9.17, 15) is 19.2 Å². The lowest BCUT2D eigenvalue weighted by Gasteiger charge is -2.17. The number of aromatic nitrogens is 1. The highest BCUT2D eigenvalue weighted by Gasteiger charge is 2.21. The largest absolute Gasteiger partial charge is 0.481 e. The summed E-state index contributed by atoms with van der Waals surface area (Å²) in [4.78, 5) is 45.9. The van der Waals surface area contributed by atoms with Crippen LogP contribution in [0.3, 0.4) is 0 Å². The molecule has 9 heteroatoms. The van der Waals surface area contributed by atoms with Crippen molar-refractivity contribution in [2.24, 2.45) is 5.73 Å². The van der Waals surface area contributed by atoms with E-state index in [1.165, 1.54) is 0 Å². The Labute approximate surface area is 167 Å². The van der Waals surface area contributed by atoms with Gasteiger partial charge in [-0.25, -0.2) is 0 Å². The van der Waals surface area contributed by atoms with Crippen molar-refractivity contribution in [3.63, 3.8) is 0 Å². The first-order chi connectivity index (χ1) is 13.8. The van der Waals surface area contributed by atoms with Crippen LogP contribution in [-0.2, 0) is 25.6 Å². The zero-order chi connectivity index (χ0) is 21.2. The number of nitrogens with zero attached hydrogens (tertiary/aromatic N) is 1. The number of aliphatic carboxylic acids is 1. The summed E-state index contributed by atoms with van der Waals surface area (Å²) in [6.07, 6.45) is 4.08. The topological polar surface area (TPSA) is 144 Å². The smallest absolute Gasteiger partial charge is 0.303 e. The molecule has 1 atom stereocenters. The molecule has 1 heterocycles. The number of carboxylic acids is 1. The Kier molecular flexibility index (Phi) is 7.96. The average Bonchev–Trinajstić information content (AvgIpc) is 3.22. The van der Waals surface area contributed by atoms with Crippen molar-refractivity contribution in [1.29, 1.82) is 0 Å². The molecule has 0 aliphatic rings. The van der Waals surface area contributed by atoms with Gasteiger partial charge in [-0.3, -0.25) is 19.2 Å². The molecular formula is C20H24N4O5. The van der Waals surface area contributed by atoms with Gasteiger partial charge in [-0.1, -0.05) is 12.1 Å². The highest BCUT2D eigenvalue weighted by molar-refractivity contribution is 5.90. The molecule has 0 saturated heterocycles. The Morgan fingerprint density at radius 1 is 1.03 bits per heavy atom. The quantitative estimate of drug-likeness (QED) is 0.431. The second kappa shape index (κ2) is 10.6. The summed E-state index contributed by atoms with van der Waals surface area (Å²) in [6.45, 7) is -0.383. The number of amides is 3. The summed E-state index contributed by atoms with van der Waals surface area (Å²) in [7, 11) is 0. The molecule has 5 N–H and O–H groups in total. The molecule has 29 heavy (non-hydrogen) atoms. The normalized spacial score (nSPS) is 11.4. The molecule has 0 bridgehead atoms. The zero-order valence-electron chi connectivity index (χ0n) is 15.8. The predicted molar refractivity (Wildman–Crippen MR) is 105 cm³/mol. The van der Waals surface area contributed by atoms with Gasteiger partial charge in [0.2, 0.25) is 17.7 Å². The van der Waals surface area contributed by atoms with Gasteiger partial charge in [-0.2, -0.15) is 0 Å². The highest BCUT2D eigenvalue weighted by atomic mass is 16.4. The maximum absolute atomic E-state index is 12.2. The van der Waals surface area contributed by atoms with E-state index in [1.54, 1.807) is 0 Å². The average molecular weight is 400 g/mol. The van der Waals surface area contributed by atoms with Gasteiger partial charge in [0.15, 0.2) is 0 Å². The van der Waals surface area contributed by atoms with Crippen molar-refractivity contribution in [3.8, 4) is 5.69 Å². The second-order valence-electron chi connectivity index (χ2n) is 6.49. The van der Waals surface area contributed by atoms with Crippen molar-refractivity contribution in [2.75, 3.05) is 6.54 Å². The highest BCUT2D eigenvalue weighted by Crippen LogP contribution is 2.11. The number of hydrogen-bond donors (Lipinski definition) is 4. The molecule has 0 radical (unpaired) electrons. The van der Waals surface area contributed by atoms with Gasteiger partial charge < -0.3 is 26.0 Å². The zero-order valence-corrected chi connectivity index (χ0v) is 15.8. The van der Waals surface area contributed by atoms with E-state index >= 15 is 0 Å². The minimum Gasteiger partial charge on any atom is -0.481 e. The fourth-order valence-electron chi connectivity index (χ4n) is 2.70. The summed E-state index contributed by atoms with van der Waals surface area (Å²) >= 11 is 0. The summed E-state index contributed by atoms with van der Waals surface area (Å²) in [6, 6.07) is 10.5. The summed E-state index contributed by atoms with van der Waals surface area (Å²) in [5.41, 5.74) is 6.94. The first-order valence-electron chi connectivity index (χ1n) is 9.14. The summed E-state index contributed by atoms with van der Waals surface area (Å²) in [5.74, 6) is -2.85. The molecular weight excluding hydrogens is 376 g/mol.